The third kappa shape index (κ3) is 1.59. The predicted molar refractivity (Wildman–Crippen MR) is 29.3 cm³/mol. The molecule has 1 rings (SSSR count). The topological polar surface area (TPSA) is 21.7 Å². The minimum atomic E-state index is 0.715. The molecule has 0 unspecified atom stereocenters. The number of hydrogen-bond acceptors (Lipinski definition) is 3. The maximum absolute atomic E-state index is 5.05. The summed E-state index contributed by atoms with van der Waals surface area (Å²) >= 11 is 5.05. The molecular formula is C4H8ClNO2. The summed E-state index contributed by atoms with van der Waals surface area (Å²) in [4.78, 5) is 0. The second kappa shape index (κ2) is 3.25. The van der Waals surface area contributed by atoms with E-state index in [-0.39, 0.29) is 0 Å². The smallest absolute Gasteiger partial charge is 0.0840 e. The van der Waals surface area contributed by atoms with Crippen LogP contribution in [0.5, 0.6) is 0 Å². The number of rotatable bonds is 1. The molecule has 4 heteroatoms. The van der Waals surface area contributed by atoms with E-state index in [0.717, 1.165) is 13.1 Å². The quantitative estimate of drug-likeness (QED) is 0.523. The highest BCUT2D eigenvalue weighted by Gasteiger charge is 2.08. The van der Waals surface area contributed by atoms with Gasteiger partial charge < -0.3 is 4.74 Å². The molecule has 1 aliphatic rings. The van der Waals surface area contributed by atoms with Crippen LogP contribution in [0.3, 0.4) is 0 Å². The van der Waals surface area contributed by atoms with Gasteiger partial charge in [0.15, 0.2) is 0 Å². The van der Waals surface area contributed by atoms with Gasteiger partial charge in [-0.25, -0.2) is 0 Å². The molecule has 0 N–H and O–H groups in total. The van der Waals surface area contributed by atoms with Gasteiger partial charge in [0.25, 0.3) is 0 Å². The van der Waals surface area contributed by atoms with Crippen LogP contribution in [-0.2, 0) is 9.13 Å². The van der Waals surface area contributed by atoms with Crippen LogP contribution in [0.25, 0.3) is 0 Å². The van der Waals surface area contributed by atoms with Crippen LogP contribution in [0.15, 0.2) is 0 Å². The van der Waals surface area contributed by atoms with Crippen molar-refractivity contribution < 1.29 is 9.13 Å². The molecule has 0 radical (unpaired) electrons. The van der Waals surface area contributed by atoms with Crippen LogP contribution >= 0.6 is 11.9 Å². The summed E-state index contributed by atoms with van der Waals surface area (Å²) in [6.45, 7) is 2.96. The Bertz CT molecular complexity index is 65.1. The van der Waals surface area contributed by atoms with E-state index in [2.05, 4.69) is 4.39 Å². The molecule has 0 aromatic rings. The predicted octanol–water partition coefficient (Wildman–Crippen LogP) is 0.404. The summed E-state index contributed by atoms with van der Waals surface area (Å²) in [5.74, 6) is 0. The zero-order valence-corrected chi connectivity index (χ0v) is 5.23. The number of halogens is 1. The molecule has 1 fully saturated rings. The van der Waals surface area contributed by atoms with Crippen LogP contribution < -0.4 is 0 Å². The Morgan fingerprint density at radius 3 is 2.38 bits per heavy atom. The van der Waals surface area contributed by atoms with Gasteiger partial charge in [0.1, 0.15) is 0 Å². The molecule has 0 aromatic heterocycles. The average molecular weight is 138 g/mol. The lowest BCUT2D eigenvalue weighted by atomic mass is 10.5. The Kier molecular flexibility index (Phi) is 2.55. The number of hydroxylamine groups is 2. The number of ether oxygens (including phenoxy) is 1. The van der Waals surface area contributed by atoms with Gasteiger partial charge in [-0.2, -0.15) is 9.45 Å². The highest BCUT2D eigenvalue weighted by Crippen LogP contribution is 1.98. The van der Waals surface area contributed by atoms with E-state index in [1.54, 1.807) is 5.06 Å². The third-order valence-corrected chi connectivity index (χ3v) is 1.26. The van der Waals surface area contributed by atoms with Crippen LogP contribution in [0.1, 0.15) is 0 Å². The van der Waals surface area contributed by atoms with Gasteiger partial charge in [0, 0.05) is 13.1 Å². The fourth-order valence-corrected chi connectivity index (χ4v) is 0.754. The molecule has 0 bridgehead atoms. The van der Waals surface area contributed by atoms with Crippen molar-refractivity contribution in [1.82, 2.24) is 5.06 Å². The van der Waals surface area contributed by atoms with Crippen LogP contribution in [-0.4, -0.2) is 31.4 Å². The van der Waals surface area contributed by atoms with Gasteiger partial charge in [-0.1, -0.05) is 0 Å². The van der Waals surface area contributed by atoms with Crippen molar-refractivity contribution in [2.45, 2.75) is 0 Å². The summed E-state index contributed by atoms with van der Waals surface area (Å²) in [5, 5.41) is 1.66. The molecular weight excluding hydrogens is 130 g/mol. The Morgan fingerprint density at radius 2 is 2.00 bits per heavy atom. The highest BCUT2D eigenvalue weighted by molar-refractivity contribution is 6.07. The molecule has 3 nitrogen and oxygen atoms in total. The molecule has 0 aromatic carbocycles. The summed E-state index contributed by atoms with van der Waals surface area (Å²) in [7, 11) is 0. The third-order valence-electron chi connectivity index (χ3n) is 1.07. The van der Waals surface area contributed by atoms with Crippen molar-refractivity contribution in [2.75, 3.05) is 26.3 Å². The van der Waals surface area contributed by atoms with Crippen molar-refractivity contribution in [3.05, 3.63) is 0 Å². The second-order valence-corrected chi connectivity index (χ2v) is 1.75. The van der Waals surface area contributed by atoms with Gasteiger partial charge in [0.05, 0.1) is 25.1 Å². The lowest BCUT2D eigenvalue weighted by molar-refractivity contribution is -0.113. The second-order valence-electron chi connectivity index (χ2n) is 1.61. The zero-order valence-electron chi connectivity index (χ0n) is 4.47. The Morgan fingerprint density at radius 1 is 1.38 bits per heavy atom. The lowest BCUT2D eigenvalue weighted by Gasteiger charge is -2.21. The first-order valence-electron chi connectivity index (χ1n) is 2.55. The van der Waals surface area contributed by atoms with Gasteiger partial charge >= 0.3 is 0 Å². The van der Waals surface area contributed by atoms with Crippen LogP contribution in [0, 0.1) is 0 Å². The minimum absolute atomic E-state index is 0.715. The molecule has 1 saturated heterocycles. The SMILES string of the molecule is ClON1CCOCC1. The molecule has 8 heavy (non-hydrogen) atoms. The largest absolute Gasteiger partial charge is 0.379 e. The molecule has 1 heterocycles. The monoisotopic (exact) mass is 137 g/mol. The van der Waals surface area contributed by atoms with E-state index in [9.17, 15) is 0 Å². The maximum atomic E-state index is 5.05. The molecule has 1 aliphatic heterocycles. The molecule has 0 saturated carbocycles. The molecule has 0 amide bonds. The zero-order chi connectivity index (χ0) is 5.82. The summed E-state index contributed by atoms with van der Waals surface area (Å²) in [5.41, 5.74) is 0. The number of nitrogens with zero attached hydrogens (tertiary/aromatic N) is 1. The van der Waals surface area contributed by atoms with E-state index >= 15 is 0 Å². The fraction of sp³-hybridized carbons (Fsp3) is 1.00. The van der Waals surface area contributed by atoms with E-state index in [0.29, 0.717) is 13.2 Å². The van der Waals surface area contributed by atoms with Crippen molar-refractivity contribution in [3.63, 3.8) is 0 Å². The van der Waals surface area contributed by atoms with Gasteiger partial charge in [-0.05, 0) is 0 Å². The average Bonchev–Trinajstić information content (AvgIpc) is 1.90. The molecule has 0 spiro atoms. The molecule has 48 valence electrons. The van der Waals surface area contributed by atoms with Crippen molar-refractivity contribution in [3.8, 4) is 0 Å². The van der Waals surface area contributed by atoms with Crippen molar-refractivity contribution in [1.29, 1.82) is 0 Å². The van der Waals surface area contributed by atoms with E-state index in [4.69, 9.17) is 16.6 Å². The van der Waals surface area contributed by atoms with Gasteiger partial charge in [0.2, 0.25) is 0 Å². The summed E-state index contributed by atoms with van der Waals surface area (Å²) in [6.07, 6.45) is 0. The Hall–Kier alpha value is 0.170. The van der Waals surface area contributed by atoms with Crippen LogP contribution in [0.2, 0.25) is 0 Å². The summed E-state index contributed by atoms with van der Waals surface area (Å²) in [6, 6.07) is 0. The molecule has 0 atom stereocenters. The van der Waals surface area contributed by atoms with Crippen LogP contribution in [0.4, 0.5) is 0 Å². The first-order valence-corrected chi connectivity index (χ1v) is 2.86. The maximum Gasteiger partial charge on any atom is 0.0840 e. The highest BCUT2D eigenvalue weighted by atomic mass is 35.5. The van der Waals surface area contributed by atoms with E-state index in [1.807, 2.05) is 0 Å². The normalized spacial score (nSPS) is 23.6. The fourth-order valence-electron chi connectivity index (χ4n) is 0.616. The first kappa shape index (κ1) is 6.29. The van der Waals surface area contributed by atoms with Gasteiger partial charge in [-0.3, -0.25) is 0 Å². The van der Waals surface area contributed by atoms with E-state index in [1.165, 1.54) is 0 Å². The lowest BCUT2D eigenvalue weighted by Crippen LogP contribution is -2.33. The van der Waals surface area contributed by atoms with Crippen molar-refractivity contribution >= 4 is 11.9 Å². The van der Waals surface area contributed by atoms with Crippen molar-refractivity contribution in [2.24, 2.45) is 0 Å². The Labute approximate surface area is 53.2 Å². The number of hydrogen-bond donors (Lipinski definition) is 0. The summed E-state index contributed by atoms with van der Waals surface area (Å²) < 4.78 is 9.44. The molecule has 0 aliphatic carbocycles. The van der Waals surface area contributed by atoms with Gasteiger partial charge in [-0.15, -0.1) is 0 Å². The minimum Gasteiger partial charge on any atom is -0.379 e. The standard InChI is InChI=1S/C4H8ClNO2/c5-8-6-1-3-7-4-2-6/h1-4H2. The first-order chi connectivity index (χ1) is 3.93. The Balaban J connectivity index is 2.13. The number of morpholine rings is 1. The van der Waals surface area contributed by atoms with E-state index < -0.39 is 0 Å².